The molecule has 0 aromatic rings. The van der Waals surface area contributed by atoms with Gasteiger partial charge in [-0.05, 0) is 39.0 Å². The second-order valence-electron chi connectivity index (χ2n) is 7.53. The Labute approximate surface area is 130 Å². The van der Waals surface area contributed by atoms with Crippen LogP contribution in [-0.2, 0) is 19.1 Å². The summed E-state index contributed by atoms with van der Waals surface area (Å²) in [5, 5.41) is 10.9. The van der Waals surface area contributed by atoms with Crippen LogP contribution in [0, 0.1) is 17.8 Å². The predicted molar refractivity (Wildman–Crippen MR) is 78.8 cm³/mol. The van der Waals surface area contributed by atoms with Crippen LogP contribution >= 0.6 is 0 Å². The van der Waals surface area contributed by atoms with E-state index in [1.807, 2.05) is 13.8 Å². The van der Waals surface area contributed by atoms with E-state index < -0.39 is 11.2 Å². The van der Waals surface area contributed by atoms with Gasteiger partial charge in [0.25, 0.3) is 0 Å². The van der Waals surface area contributed by atoms with Crippen LogP contribution in [0.4, 0.5) is 0 Å². The average molecular weight is 308 g/mol. The SMILES string of the molecule is C=C1C(=O)O[C@H]2C[C@](C)(O)[C@H]3CC[C@@](C)(OC(C)=O)[C@@H]3C[C@H]12. The normalized spacial score (nSPS) is 47.5. The second-order valence-corrected chi connectivity index (χ2v) is 7.53. The number of hydrogen-bond acceptors (Lipinski definition) is 5. The third-order valence-corrected chi connectivity index (χ3v) is 5.94. The molecule has 2 saturated carbocycles. The molecule has 3 fully saturated rings. The van der Waals surface area contributed by atoms with Crippen LogP contribution in [0.5, 0.6) is 0 Å². The van der Waals surface area contributed by atoms with Gasteiger partial charge in [-0.25, -0.2) is 4.79 Å². The zero-order chi connectivity index (χ0) is 16.3. The first-order chi connectivity index (χ1) is 10.1. The number of esters is 2. The van der Waals surface area contributed by atoms with Crippen LogP contribution in [0.15, 0.2) is 12.2 Å². The van der Waals surface area contributed by atoms with E-state index in [4.69, 9.17) is 9.47 Å². The molecule has 0 aromatic carbocycles. The molecule has 122 valence electrons. The summed E-state index contributed by atoms with van der Waals surface area (Å²) in [5.41, 5.74) is -1.05. The highest BCUT2D eigenvalue weighted by Crippen LogP contribution is 2.55. The van der Waals surface area contributed by atoms with Crippen molar-refractivity contribution in [2.75, 3.05) is 0 Å². The van der Waals surface area contributed by atoms with Crippen molar-refractivity contribution in [2.24, 2.45) is 17.8 Å². The standard InChI is InChI=1S/C17H24O5/c1-9-11-7-13-12(5-6-17(13,4)22-10(2)18)16(3,20)8-14(11)21-15(9)19/h11-14,20H,1,5-8H2,2-4H3/t11-,12+,13-,14+,16+,17-/m1/s1. The number of carbonyl (C=O) groups is 2. The van der Waals surface area contributed by atoms with Crippen molar-refractivity contribution < 1.29 is 24.2 Å². The molecule has 0 spiro atoms. The first-order valence-electron chi connectivity index (χ1n) is 7.96. The van der Waals surface area contributed by atoms with Gasteiger partial charge in [0.2, 0.25) is 0 Å². The van der Waals surface area contributed by atoms with Crippen molar-refractivity contribution in [3.63, 3.8) is 0 Å². The summed E-state index contributed by atoms with van der Waals surface area (Å²) >= 11 is 0. The van der Waals surface area contributed by atoms with E-state index in [0.717, 1.165) is 12.8 Å². The van der Waals surface area contributed by atoms with Gasteiger partial charge in [-0.3, -0.25) is 4.79 Å². The van der Waals surface area contributed by atoms with Gasteiger partial charge in [-0.15, -0.1) is 0 Å². The van der Waals surface area contributed by atoms with E-state index in [2.05, 4.69) is 6.58 Å². The Bertz CT molecular complexity index is 537. The maximum Gasteiger partial charge on any atom is 0.334 e. The van der Waals surface area contributed by atoms with Crippen LogP contribution in [-0.4, -0.2) is 34.4 Å². The number of carbonyl (C=O) groups excluding carboxylic acids is 2. The number of hydrogen-bond donors (Lipinski definition) is 1. The summed E-state index contributed by atoms with van der Waals surface area (Å²) in [6, 6.07) is 0. The Kier molecular flexibility index (Phi) is 3.40. The van der Waals surface area contributed by atoms with Crippen molar-refractivity contribution in [2.45, 2.75) is 63.8 Å². The number of aliphatic hydroxyl groups is 1. The van der Waals surface area contributed by atoms with Gasteiger partial charge in [0.05, 0.1) is 5.60 Å². The van der Waals surface area contributed by atoms with Crippen molar-refractivity contribution in [3.05, 3.63) is 12.2 Å². The second kappa shape index (κ2) is 4.82. The lowest BCUT2D eigenvalue weighted by molar-refractivity contribution is -0.162. The number of fused-ring (bicyclic) bond motifs is 2. The van der Waals surface area contributed by atoms with E-state index in [9.17, 15) is 14.7 Å². The van der Waals surface area contributed by atoms with Crippen molar-refractivity contribution in [3.8, 4) is 0 Å². The smallest absolute Gasteiger partial charge is 0.334 e. The van der Waals surface area contributed by atoms with Crippen LogP contribution in [0.3, 0.4) is 0 Å². The van der Waals surface area contributed by atoms with E-state index in [0.29, 0.717) is 18.4 Å². The molecule has 2 aliphatic carbocycles. The molecule has 1 heterocycles. The van der Waals surface area contributed by atoms with Crippen LogP contribution in [0.2, 0.25) is 0 Å². The molecule has 3 rings (SSSR count). The molecule has 6 atom stereocenters. The molecule has 22 heavy (non-hydrogen) atoms. The maximum atomic E-state index is 11.8. The van der Waals surface area contributed by atoms with E-state index in [-0.39, 0.29) is 35.8 Å². The molecular formula is C17H24O5. The Morgan fingerprint density at radius 3 is 2.73 bits per heavy atom. The third kappa shape index (κ3) is 2.26. The Hall–Kier alpha value is -1.36. The quantitative estimate of drug-likeness (QED) is 0.592. The van der Waals surface area contributed by atoms with E-state index in [1.165, 1.54) is 6.92 Å². The first-order valence-corrected chi connectivity index (χ1v) is 7.96. The van der Waals surface area contributed by atoms with Crippen LogP contribution < -0.4 is 0 Å². The summed E-state index contributed by atoms with van der Waals surface area (Å²) in [5.74, 6) is -0.721. The zero-order valence-corrected chi connectivity index (χ0v) is 13.4. The molecule has 1 N–H and O–H groups in total. The van der Waals surface area contributed by atoms with Gasteiger partial charge < -0.3 is 14.6 Å². The van der Waals surface area contributed by atoms with Gasteiger partial charge in [0, 0.05) is 30.8 Å². The van der Waals surface area contributed by atoms with Gasteiger partial charge >= 0.3 is 11.9 Å². The molecule has 0 radical (unpaired) electrons. The highest BCUT2D eigenvalue weighted by atomic mass is 16.6. The van der Waals surface area contributed by atoms with Crippen molar-refractivity contribution in [1.29, 1.82) is 0 Å². The molecule has 1 saturated heterocycles. The average Bonchev–Trinajstić information content (AvgIpc) is 2.77. The number of rotatable bonds is 1. The number of ether oxygens (including phenoxy) is 2. The Balaban J connectivity index is 1.96. The lowest BCUT2D eigenvalue weighted by Gasteiger charge is -2.37. The summed E-state index contributed by atoms with van der Waals surface area (Å²) in [6.45, 7) is 9.03. The van der Waals surface area contributed by atoms with Crippen molar-refractivity contribution >= 4 is 11.9 Å². The molecule has 0 bridgehead atoms. The predicted octanol–water partition coefficient (Wildman–Crippen LogP) is 1.98. The van der Waals surface area contributed by atoms with Gasteiger partial charge in [-0.2, -0.15) is 0 Å². The molecule has 5 heteroatoms. The minimum atomic E-state index is -0.938. The molecule has 0 unspecified atom stereocenters. The minimum absolute atomic E-state index is 0.00708. The molecule has 0 aromatic heterocycles. The topological polar surface area (TPSA) is 72.8 Å². The van der Waals surface area contributed by atoms with Gasteiger partial charge in [0.1, 0.15) is 11.7 Å². The third-order valence-electron chi connectivity index (χ3n) is 5.94. The summed E-state index contributed by atoms with van der Waals surface area (Å²) in [4.78, 5) is 23.3. The molecule has 0 amide bonds. The van der Waals surface area contributed by atoms with Crippen molar-refractivity contribution in [1.82, 2.24) is 0 Å². The summed E-state index contributed by atoms with van der Waals surface area (Å²) < 4.78 is 11.0. The molecule has 3 aliphatic rings. The molecule has 5 nitrogen and oxygen atoms in total. The lowest BCUT2D eigenvalue weighted by Crippen LogP contribution is -2.43. The first kappa shape index (κ1) is 15.5. The molecular weight excluding hydrogens is 284 g/mol. The monoisotopic (exact) mass is 308 g/mol. The van der Waals surface area contributed by atoms with Crippen LogP contribution in [0.1, 0.15) is 46.5 Å². The highest BCUT2D eigenvalue weighted by molar-refractivity contribution is 5.90. The Morgan fingerprint density at radius 2 is 2.09 bits per heavy atom. The highest BCUT2D eigenvalue weighted by Gasteiger charge is 2.59. The summed E-state index contributed by atoms with van der Waals surface area (Å²) in [6.07, 6.45) is 2.31. The Morgan fingerprint density at radius 1 is 1.41 bits per heavy atom. The van der Waals surface area contributed by atoms with E-state index in [1.54, 1.807) is 0 Å². The zero-order valence-electron chi connectivity index (χ0n) is 13.4. The lowest BCUT2D eigenvalue weighted by atomic mass is 9.75. The maximum absolute atomic E-state index is 11.8. The largest absolute Gasteiger partial charge is 0.459 e. The fourth-order valence-electron chi connectivity index (χ4n) is 4.85. The van der Waals surface area contributed by atoms with Gasteiger partial charge in [0.15, 0.2) is 0 Å². The minimum Gasteiger partial charge on any atom is -0.459 e. The van der Waals surface area contributed by atoms with Crippen LogP contribution in [0.25, 0.3) is 0 Å². The fourth-order valence-corrected chi connectivity index (χ4v) is 4.85. The molecule has 1 aliphatic heterocycles. The fraction of sp³-hybridized carbons (Fsp3) is 0.765. The van der Waals surface area contributed by atoms with Gasteiger partial charge in [-0.1, -0.05) is 6.58 Å². The van der Waals surface area contributed by atoms with E-state index >= 15 is 0 Å². The summed E-state index contributed by atoms with van der Waals surface area (Å²) in [7, 11) is 0.